The van der Waals surface area contributed by atoms with Crippen LogP contribution in [-0.4, -0.2) is 18.1 Å². The highest BCUT2D eigenvalue weighted by Gasteiger charge is 2.35. The number of urea groups is 1. The van der Waals surface area contributed by atoms with Crippen molar-refractivity contribution in [2.75, 3.05) is 0 Å². The Bertz CT molecular complexity index is 1180. The van der Waals surface area contributed by atoms with Gasteiger partial charge in [-0.1, -0.05) is 60.7 Å². The zero-order valence-electron chi connectivity index (χ0n) is 18.3. The molecule has 32 heavy (non-hydrogen) atoms. The van der Waals surface area contributed by atoms with Crippen LogP contribution in [0.2, 0.25) is 0 Å². The van der Waals surface area contributed by atoms with Crippen molar-refractivity contribution in [3.8, 4) is 5.75 Å². The van der Waals surface area contributed by atoms with Crippen molar-refractivity contribution >= 4 is 22.8 Å². The van der Waals surface area contributed by atoms with Gasteiger partial charge in [0.1, 0.15) is 12.4 Å². The van der Waals surface area contributed by atoms with Gasteiger partial charge in [0.15, 0.2) is 0 Å². The normalized spacial score (nSPS) is 16.0. The summed E-state index contributed by atoms with van der Waals surface area (Å²) in [5.74, 6) is 0.124. The van der Waals surface area contributed by atoms with Crippen LogP contribution in [0.4, 0.5) is 4.79 Å². The average molecular weight is 431 g/mol. The van der Waals surface area contributed by atoms with Gasteiger partial charge in [-0.15, -0.1) is 0 Å². The Morgan fingerprint density at radius 3 is 2.47 bits per heavy atom. The third-order valence-corrected chi connectivity index (χ3v) is 5.29. The molecular weight excluding hydrogens is 404 g/mol. The van der Waals surface area contributed by atoms with E-state index in [1.807, 2.05) is 66.7 Å². The van der Waals surface area contributed by atoms with E-state index in [-0.39, 0.29) is 12.1 Å². The molecule has 0 aromatic heterocycles. The molecule has 0 fully saturated rings. The zero-order valence-corrected chi connectivity index (χ0v) is 18.3. The van der Waals surface area contributed by atoms with Gasteiger partial charge in [-0.25, -0.2) is 9.59 Å². The number of hydrogen-bond acceptors (Lipinski definition) is 4. The molecule has 3 aromatic rings. The lowest BCUT2D eigenvalue weighted by Gasteiger charge is -2.30. The first-order valence-corrected chi connectivity index (χ1v) is 10.6. The van der Waals surface area contributed by atoms with Crippen molar-refractivity contribution in [1.82, 2.24) is 10.6 Å². The number of hydrogen-bond donors (Lipinski definition) is 2. The molecule has 164 valence electrons. The van der Waals surface area contributed by atoms with E-state index in [0.717, 1.165) is 21.9 Å². The molecule has 6 heteroatoms. The molecule has 0 radical (unpaired) electrons. The summed E-state index contributed by atoms with van der Waals surface area (Å²) in [4.78, 5) is 25.4. The van der Waals surface area contributed by atoms with Crippen LogP contribution in [0.15, 0.2) is 78.0 Å². The number of carbonyl (C=O) groups excluding carboxylic acids is 2. The lowest BCUT2D eigenvalue weighted by molar-refractivity contribution is -0.143. The Morgan fingerprint density at radius 2 is 1.72 bits per heavy atom. The number of nitrogens with one attached hydrogen (secondary N) is 2. The van der Waals surface area contributed by atoms with Crippen LogP contribution < -0.4 is 15.4 Å². The quantitative estimate of drug-likeness (QED) is 0.540. The Hall–Kier alpha value is -3.80. The van der Waals surface area contributed by atoms with Gasteiger partial charge in [0, 0.05) is 11.3 Å². The van der Waals surface area contributed by atoms with Gasteiger partial charge < -0.3 is 20.1 Å². The first-order chi connectivity index (χ1) is 15.4. The van der Waals surface area contributed by atoms with Gasteiger partial charge in [0.05, 0.1) is 17.7 Å². The summed E-state index contributed by atoms with van der Waals surface area (Å²) in [6.07, 6.45) is -0.289. The molecule has 0 bridgehead atoms. The molecule has 6 nitrogen and oxygen atoms in total. The topological polar surface area (TPSA) is 76.7 Å². The number of esters is 1. The molecule has 1 aliphatic rings. The van der Waals surface area contributed by atoms with E-state index in [4.69, 9.17) is 9.47 Å². The summed E-state index contributed by atoms with van der Waals surface area (Å²) in [7, 11) is 0. The third-order valence-electron chi connectivity index (χ3n) is 5.29. The fourth-order valence-corrected chi connectivity index (χ4v) is 3.89. The van der Waals surface area contributed by atoms with Crippen LogP contribution in [0.3, 0.4) is 0 Å². The molecule has 4 rings (SSSR count). The van der Waals surface area contributed by atoms with E-state index < -0.39 is 12.0 Å². The highest BCUT2D eigenvalue weighted by molar-refractivity contribution is 5.98. The molecule has 0 aliphatic carbocycles. The average Bonchev–Trinajstić information content (AvgIpc) is 2.76. The predicted octanol–water partition coefficient (Wildman–Crippen LogP) is 5.00. The minimum Gasteiger partial charge on any atom is -0.489 e. The van der Waals surface area contributed by atoms with E-state index in [1.165, 1.54) is 0 Å². The van der Waals surface area contributed by atoms with E-state index in [9.17, 15) is 9.59 Å². The largest absolute Gasteiger partial charge is 0.489 e. The summed E-state index contributed by atoms with van der Waals surface area (Å²) in [6, 6.07) is 20.5. The van der Waals surface area contributed by atoms with Gasteiger partial charge in [-0.05, 0) is 43.2 Å². The van der Waals surface area contributed by atoms with Crippen LogP contribution in [0.25, 0.3) is 10.8 Å². The van der Waals surface area contributed by atoms with Crippen LogP contribution in [-0.2, 0) is 16.1 Å². The van der Waals surface area contributed by atoms with E-state index >= 15 is 0 Å². The first kappa shape index (κ1) is 21.4. The lowest BCUT2D eigenvalue weighted by atomic mass is 9.90. The highest BCUT2D eigenvalue weighted by atomic mass is 16.5. The number of ether oxygens (including phenoxy) is 2. The summed E-state index contributed by atoms with van der Waals surface area (Å²) in [6.45, 7) is 5.66. The second-order valence-corrected chi connectivity index (χ2v) is 8.00. The molecule has 1 heterocycles. The second kappa shape index (κ2) is 9.14. The zero-order chi connectivity index (χ0) is 22.7. The Kier molecular flexibility index (Phi) is 6.12. The highest BCUT2D eigenvalue weighted by Crippen LogP contribution is 2.39. The van der Waals surface area contributed by atoms with Crippen molar-refractivity contribution in [3.05, 3.63) is 89.1 Å². The predicted molar refractivity (Wildman–Crippen MR) is 123 cm³/mol. The minimum atomic E-state index is -0.716. The molecule has 2 N–H and O–H groups in total. The maximum Gasteiger partial charge on any atom is 0.338 e. The van der Waals surface area contributed by atoms with Crippen molar-refractivity contribution in [2.24, 2.45) is 0 Å². The molecule has 3 aromatic carbocycles. The molecular formula is C26H26N2O4. The van der Waals surface area contributed by atoms with Crippen molar-refractivity contribution in [2.45, 2.75) is 39.5 Å². The van der Waals surface area contributed by atoms with Crippen LogP contribution in [0, 0.1) is 0 Å². The number of carbonyl (C=O) groups is 2. The summed E-state index contributed by atoms with van der Waals surface area (Å²) in [5.41, 5.74) is 2.57. The van der Waals surface area contributed by atoms with Gasteiger partial charge >= 0.3 is 12.0 Å². The number of amides is 2. The standard InChI is InChI=1S/C26H26N2O4/c1-16(2)32-25(29)22-17(3)27-26(30)28-24(22)23-20-12-8-7-11-19(20)13-14-21(23)31-15-18-9-5-4-6-10-18/h4-14,16,24H,15H2,1-3H3,(H2,27,28,30). The molecule has 1 unspecified atom stereocenters. The molecule has 0 spiro atoms. The number of fused-ring (bicyclic) bond motifs is 1. The Balaban J connectivity index is 1.83. The Morgan fingerprint density at radius 1 is 1.00 bits per heavy atom. The molecule has 1 atom stereocenters. The van der Waals surface area contributed by atoms with E-state index in [1.54, 1.807) is 20.8 Å². The fourth-order valence-electron chi connectivity index (χ4n) is 3.89. The summed E-state index contributed by atoms with van der Waals surface area (Å²) in [5, 5.41) is 7.48. The molecule has 0 saturated heterocycles. The lowest BCUT2D eigenvalue weighted by Crippen LogP contribution is -2.45. The van der Waals surface area contributed by atoms with Crippen LogP contribution in [0.5, 0.6) is 5.75 Å². The number of allylic oxidation sites excluding steroid dienone is 1. The van der Waals surface area contributed by atoms with Gasteiger partial charge in [0.2, 0.25) is 0 Å². The van der Waals surface area contributed by atoms with Crippen molar-refractivity contribution < 1.29 is 19.1 Å². The molecule has 1 aliphatic heterocycles. The maximum absolute atomic E-state index is 13.0. The monoisotopic (exact) mass is 430 g/mol. The number of benzene rings is 3. The maximum atomic E-state index is 13.0. The first-order valence-electron chi connectivity index (χ1n) is 10.6. The second-order valence-electron chi connectivity index (χ2n) is 8.00. The smallest absolute Gasteiger partial charge is 0.338 e. The van der Waals surface area contributed by atoms with Crippen molar-refractivity contribution in [1.29, 1.82) is 0 Å². The van der Waals surface area contributed by atoms with Crippen LogP contribution in [0.1, 0.15) is 37.9 Å². The Labute approximate surface area is 187 Å². The van der Waals surface area contributed by atoms with Gasteiger partial charge in [0.25, 0.3) is 0 Å². The summed E-state index contributed by atoms with van der Waals surface area (Å²) >= 11 is 0. The summed E-state index contributed by atoms with van der Waals surface area (Å²) < 4.78 is 11.7. The third kappa shape index (κ3) is 4.44. The molecule has 2 amide bonds. The molecule has 0 saturated carbocycles. The van der Waals surface area contributed by atoms with E-state index in [2.05, 4.69) is 10.6 Å². The van der Waals surface area contributed by atoms with E-state index in [0.29, 0.717) is 23.6 Å². The van der Waals surface area contributed by atoms with Gasteiger partial charge in [-0.2, -0.15) is 0 Å². The van der Waals surface area contributed by atoms with Crippen LogP contribution >= 0.6 is 0 Å². The fraction of sp³-hybridized carbons (Fsp3) is 0.231. The minimum absolute atomic E-state index is 0.289. The van der Waals surface area contributed by atoms with Gasteiger partial charge in [-0.3, -0.25) is 0 Å². The SMILES string of the molecule is CC1=C(C(=O)OC(C)C)C(c2c(OCc3ccccc3)ccc3ccccc23)NC(=O)N1. The number of rotatable bonds is 6. The van der Waals surface area contributed by atoms with Crippen molar-refractivity contribution in [3.63, 3.8) is 0 Å².